The second kappa shape index (κ2) is 7.69. The molecule has 0 radical (unpaired) electrons. The van der Waals surface area contributed by atoms with Crippen molar-refractivity contribution in [3.63, 3.8) is 0 Å². The minimum absolute atomic E-state index is 0.741. The minimum Gasteiger partial charge on any atom is -0.493 e. The van der Waals surface area contributed by atoms with E-state index in [2.05, 4.69) is 22.2 Å². The van der Waals surface area contributed by atoms with Crippen LogP contribution in [0.25, 0.3) is 0 Å². The molecule has 2 rings (SSSR count). The van der Waals surface area contributed by atoms with E-state index in [1.165, 1.54) is 0 Å². The number of aromatic amines is 1. The normalized spacial score (nSPS) is 10.6. The van der Waals surface area contributed by atoms with Gasteiger partial charge >= 0.3 is 0 Å². The van der Waals surface area contributed by atoms with Crippen LogP contribution in [0.5, 0.6) is 11.5 Å². The smallest absolute Gasteiger partial charge is 0.161 e. The number of imidazole rings is 1. The van der Waals surface area contributed by atoms with Gasteiger partial charge in [-0.15, -0.1) is 0 Å². The molecule has 0 fully saturated rings. The number of nitrogens with zero attached hydrogens (tertiary/aromatic N) is 1. The van der Waals surface area contributed by atoms with Crippen molar-refractivity contribution in [1.82, 2.24) is 15.3 Å². The number of aromatic nitrogens is 2. The zero-order chi connectivity index (χ0) is 15.1. The van der Waals surface area contributed by atoms with Crippen molar-refractivity contribution in [2.45, 2.75) is 26.3 Å². The number of ether oxygens (including phenoxy) is 2. The van der Waals surface area contributed by atoms with E-state index in [-0.39, 0.29) is 0 Å². The van der Waals surface area contributed by atoms with Crippen LogP contribution in [0.2, 0.25) is 0 Å². The van der Waals surface area contributed by atoms with Crippen LogP contribution in [0.3, 0.4) is 0 Å². The number of hydrogen-bond acceptors (Lipinski definition) is 4. The van der Waals surface area contributed by atoms with Crippen LogP contribution < -0.4 is 14.8 Å². The lowest BCUT2D eigenvalue weighted by Gasteiger charge is -2.08. The van der Waals surface area contributed by atoms with Gasteiger partial charge in [-0.25, -0.2) is 4.98 Å². The number of methoxy groups -OCH3 is 2. The molecule has 0 bridgehead atoms. The standard InChI is InChI=1S/C16H23N3O2/c1-4-7-17-10-13-11-18-16(19-13)9-12-5-6-14(20-2)15(8-12)21-3/h5-6,8,11,17H,4,7,9-10H2,1-3H3,(H,18,19). The number of H-pyrrole nitrogens is 1. The van der Waals surface area contributed by atoms with Gasteiger partial charge in [-0.1, -0.05) is 13.0 Å². The number of benzene rings is 1. The Bertz CT molecular complexity index is 566. The largest absolute Gasteiger partial charge is 0.493 e. The molecule has 114 valence electrons. The lowest BCUT2D eigenvalue weighted by molar-refractivity contribution is 0.354. The van der Waals surface area contributed by atoms with Gasteiger partial charge < -0.3 is 19.8 Å². The zero-order valence-electron chi connectivity index (χ0n) is 12.9. The van der Waals surface area contributed by atoms with Crippen LogP contribution >= 0.6 is 0 Å². The predicted octanol–water partition coefficient (Wildman–Crippen LogP) is 2.52. The molecule has 1 aromatic heterocycles. The van der Waals surface area contributed by atoms with Crippen molar-refractivity contribution in [3.05, 3.63) is 41.5 Å². The lowest BCUT2D eigenvalue weighted by atomic mass is 10.1. The molecule has 0 saturated carbocycles. The van der Waals surface area contributed by atoms with Gasteiger partial charge in [-0.3, -0.25) is 0 Å². The summed E-state index contributed by atoms with van der Waals surface area (Å²) in [5.41, 5.74) is 2.24. The van der Waals surface area contributed by atoms with E-state index in [1.807, 2.05) is 24.4 Å². The molecule has 1 heterocycles. The van der Waals surface area contributed by atoms with Crippen LogP contribution in [-0.2, 0) is 13.0 Å². The van der Waals surface area contributed by atoms with Crippen LogP contribution in [0.15, 0.2) is 24.4 Å². The quantitative estimate of drug-likeness (QED) is 0.733. The molecular weight excluding hydrogens is 266 g/mol. The molecule has 0 aliphatic carbocycles. The van der Waals surface area contributed by atoms with E-state index in [0.29, 0.717) is 0 Å². The summed E-state index contributed by atoms with van der Waals surface area (Å²) in [5, 5.41) is 3.35. The summed E-state index contributed by atoms with van der Waals surface area (Å²) in [6.07, 6.45) is 3.76. The molecule has 2 aromatic rings. The Kier molecular flexibility index (Phi) is 5.63. The number of rotatable bonds is 8. The molecule has 2 N–H and O–H groups in total. The monoisotopic (exact) mass is 289 g/mol. The van der Waals surface area contributed by atoms with Crippen molar-refractivity contribution in [2.75, 3.05) is 20.8 Å². The van der Waals surface area contributed by atoms with Gasteiger partial charge in [0.15, 0.2) is 11.5 Å². The molecule has 0 unspecified atom stereocenters. The summed E-state index contributed by atoms with van der Waals surface area (Å²) in [6.45, 7) is 4.00. The molecule has 0 spiro atoms. The highest BCUT2D eigenvalue weighted by Crippen LogP contribution is 2.28. The molecule has 0 aliphatic heterocycles. The first kappa shape index (κ1) is 15.4. The van der Waals surface area contributed by atoms with Crippen molar-refractivity contribution >= 4 is 0 Å². The molecule has 1 aromatic carbocycles. The summed E-state index contributed by atoms with van der Waals surface area (Å²) in [4.78, 5) is 7.76. The van der Waals surface area contributed by atoms with Crippen molar-refractivity contribution in [3.8, 4) is 11.5 Å². The summed E-state index contributed by atoms with van der Waals surface area (Å²) in [5.74, 6) is 2.44. The van der Waals surface area contributed by atoms with E-state index < -0.39 is 0 Å². The topological polar surface area (TPSA) is 59.2 Å². The molecule has 5 nitrogen and oxygen atoms in total. The Morgan fingerprint density at radius 1 is 1.19 bits per heavy atom. The second-order valence-electron chi connectivity index (χ2n) is 4.90. The number of hydrogen-bond donors (Lipinski definition) is 2. The fourth-order valence-electron chi connectivity index (χ4n) is 2.17. The first-order valence-corrected chi connectivity index (χ1v) is 7.21. The fourth-order valence-corrected chi connectivity index (χ4v) is 2.17. The Balaban J connectivity index is 2.01. The Morgan fingerprint density at radius 3 is 2.71 bits per heavy atom. The minimum atomic E-state index is 0.741. The van der Waals surface area contributed by atoms with Crippen molar-refractivity contribution in [2.24, 2.45) is 0 Å². The molecule has 0 amide bonds. The zero-order valence-corrected chi connectivity index (χ0v) is 12.9. The van der Waals surface area contributed by atoms with Gasteiger partial charge in [0, 0.05) is 24.9 Å². The Morgan fingerprint density at radius 2 is 2.00 bits per heavy atom. The van der Waals surface area contributed by atoms with Gasteiger partial charge in [0.1, 0.15) is 5.82 Å². The molecule has 0 atom stereocenters. The van der Waals surface area contributed by atoms with Crippen LogP contribution in [-0.4, -0.2) is 30.7 Å². The average molecular weight is 289 g/mol. The summed E-state index contributed by atoms with van der Waals surface area (Å²) < 4.78 is 10.6. The van der Waals surface area contributed by atoms with Crippen LogP contribution in [0, 0.1) is 0 Å². The molecular formula is C16H23N3O2. The predicted molar refractivity (Wildman–Crippen MR) is 82.9 cm³/mol. The highest BCUT2D eigenvalue weighted by Gasteiger charge is 2.07. The highest BCUT2D eigenvalue weighted by molar-refractivity contribution is 5.43. The maximum Gasteiger partial charge on any atom is 0.161 e. The first-order valence-electron chi connectivity index (χ1n) is 7.21. The molecule has 21 heavy (non-hydrogen) atoms. The maximum absolute atomic E-state index is 5.32. The van der Waals surface area contributed by atoms with Gasteiger partial charge in [0.2, 0.25) is 0 Å². The van der Waals surface area contributed by atoms with Gasteiger partial charge in [-0.05, 0) is 30.7 Å². The van der Waals surface area contributed by atoms with Crippen LogP contribution in [0.4, 0.5) is 0 Å². The van der Waals surface area contributed by atoms with Crippen LogP contribution in [0.1, 0.15) is 30.4 Å². The third-order valence-electron chi connectivity index (χ3n) is 3.24. The average Bonchev–Trinajstić information content (AvgIpc) is 2.95. The highest BCUT2D eigenvalue weighted by atomic mass is 16.5. The fraction of sp³-hybridized carbons (Fsp3) is 0.438. The molecule has 5 heteroatoms. The lowest BCUT2D eigenvalue weighted by Crippen LogP contribution is -2.13. The van der Waals surface area contributed by atoms with Gasteiger partial charge in [0.25, 0.3) is 0 Å². The number of nitrogens with one attached hydrogen (secondary N) is 2. The molecule has 0 aliphatic rings. The third-order valence-corrected chi connectivity index (χ3v) is 3.24. The molecule has 0 saturated heterocycles. The summed E-state index contributed by atoms with van der Waals surface area (Å²) >= 11 is 0. The SMILES string of the molecule is CCCNCc1cnc(Cc2ccc(OC)c(OC)c2)[nH]1. The second-order valence-corrected chi connectivity index (χ2v) is 4.90. The Labute approximate surface area is 125 Å². The Hall–Kier alpha value is -2.01. The maximum atomic E-state index is 5.32. The summed E-state index contributed by atoms with van der Waals surface area (Å²) in [7, 11) is 3.28. The van der Waals surface area contributed by atoms with E-state index in [9.17, 15) is 0 Å². The van der Waals surface area contributed by atoms with E-state index in [1.54, 1.807) is 14.2 Å². The van der Waals surface area contributed by atoms with Gasteiger partial charge in [0.05, 0.1) is 14.2 Å². The van der Waals surface area contributed by atoms with Crippen molar-refractivity contribution < 1.29 is 9.47 Å². The van der Waals surface area contributed by atoms with E-state index in [4.69, 9.17) is 9.47 Å². The third kappa shape index (κ3) is 4.23. The van der Waals surface area contributed by atoms with E-state index in [0.717, 1.165) is 54.5 Å². The summed E-state index contributed by atoms with van der Waals surface area (Å²) in [6, 6.07) is 5.93. The van der Waals surface area contributed by atoms with E-state index >= 15 is 0 Å². The van der Waals surface area contributed by atoms with Gasteiger partial charge in [-0.2, -0.15) is 0 Å². The first-order chi connectivity index (χ1) is 10.3. The van der Waals surface area contributed by atoms with Crippen molar-refractivity contribution in [1.29, 1.82) is 0 Å².